The maximum Gasteiger partial charge on any atom is 0.299 e. The van der Waals surface area contributed by atoms with Crippen LogP contribution >= 0.6 is 0 Å². The Balaban J connectivity index is 2.48. The molecule has 0 radical (unpaired) electrons. The Morgan fingerprint density at radius 3 is 2.81 bits per heavy atom. The van der Waals surface area contributed by atoms with Gasteiger partial charge in [-0.05, 0) is 18.6 Å². The topological polar surface area (TPSA) is 64.7 Å². The maximum absolute atomic E-state index is 13.1. The lowest BCUT2D eigenvalue weighted by atomic mass is 9.90. The average Bonchev–Trinajstić information content (AvgIpc) is 2.54. The molecule has 0 aromatic heterocycles. The first-order valence-electron chi connectivity index (χ1n) is 4.92. The van der Waals surface area contributed by atoms with Gasteiger partial charge in [-0.1, -0.05) is 19.1 Å². The molecule has 84 valence electrons. The van der Waals surface area contributed by atoms with Crippen molar-refractivity contribution < 1.29 is 13.9 Å². The molecule has 1 aromatic rings. The van der Waals surface area contributed by atoms with Crippen LogP contribution in [0.15, 0.2) is 29.3 Å². The highest BCUT2D eigenvalue weighted by molar-refractivity contribution is 6.01. The van der Waals surface area contributed by atoms with Crippen molar-refractivity contribution >= 4 is 11.9 Å². The molecule has 0 fully saturated rings. The molecule has 4 nitrogen and oxygen atoms in total. The smallest absolute Gasteiger partial charge is 0.299 e. The number of hydrogen-bond donors (Lipinski definition) is 1. The van der Waals surface area contributed by atoms with Crippen LogP contribution in [0, 0.1) is 5.82 Å². The van der Waals surface area contributed by atoms with Gasteiger partial charge < -0.3 is 10.5 Å². The SMILES string of the molecule is CCC1(c2cccc(F)c2)OC(N)=NC1=O. The van der Waals surface area contributed by atoms with Crippen molar-refractivity contribution in [1.82, 2.24) is 0 Å². The fourth-order valence-corrected chi connectivity index (χ4v) is 1.78. The van der Waals surface area contributed by atoms with Crippen molar-refractivity contribution in [1.29, 1.82) is 0 Å². The van der Waals surface area contributed by atoms with E-state index >= 15 is 0 Å². The summed E-state index contributed by atoms with van der Waals surface area (Å²) in [5.74, 6) is -0.912. The lowest BCUT2D eigenvalue weighted by Gasteiger charge is -2.24. The first-order valence-corrected chi connectivity index (χ1v) is 4.92. The summed E-state index contributed by atoms with van der Waals surface area (Å²) >= 11 is 0. The van der Waals surface area contributed by atoms with Crippen LogP contribution in [-0.4, -0.2) is 11.9 Å². The summed E-state index contributed by atoms with van der Waals surface area (Å²) in [6.45, 7) is 1.76. The number of hydrogen-bond acceptors (Lipinski definition) is 3. The van der Waals surface area contributed by atoms with E-state index in [-0.39, 0.29) is 6.02 Å². The first-order chi connectivity index (χ1) is 7.58. The van der Waals surface area contributed by atoms with Gasteiger partial charge >= 0.3 is 0 Å². The third-order valence-electron chi connectivity index (χ3n) is 2.62. The fraction of sp³-hybridized carbons (Fsp3) is 0.273. The van der Waals surface area contributed by atoms with Gasteiger partial charge in [0.2, 0.25) is 5.60 Å². The van der Waals surface area contributed by atoms with E-state index in [9.17, 15) is 9.18 Å². The van der Waals surface area contributed by atoms with E-state index in [4.69, 9.17) is 10.5 Å². The summed E-state index contributed by atoms with van der Waals surface area (Å²) in [5, 5.41) is 0. The Morgan fingerprint density at radius 2 is 2.31 bits per heavy atom. The van der Waals surface area contributed by atoms with Gasteiger partial charge in [-0.25, -0.2) is 4.39 Å². The quantitative estimate of drug-likeness (QED) is 0.820. The van der Waals surface area contributed by atoms with E-state index in [1.54, 1.807) is 13.0 Å². The van der Waals surface area contributed by atoms with Crippen LogP contribution in [0.3, 0.4) is 0 Å². The predicted molar refractivity (Wildman–Crippen MR) is 56.1 cm³/mol. The largest absolute Gasteiger partial charge is 0.443 e. The number of benzene rings is 1. The van der Waals surface area contributed by atoms with Crippen LogP contribution in [0.1, 0.15) is 18.9 Å². The van der Waals surface area contributed by atoms with Gasteiger partial charge in [-0.3, -0.25) is 4.79 Å². The van der Waals surface area contributed by atoms with Crippen LogP contribution in [0.25, 0.3) is 0 Å². The summed E-state index contributed by atoms with van der Waals surface area (Å²) in [5.41, 5.74) is 4.54. The molecule has 0 aliphatic carbocycles. The average molecular weight is 222 g/mol. The molecule has 1 unspecified atom stereocenters. The normalized spacial score (nSPS) is 24.1. The number of halogens is 1. The number of carbonyl (C=O) groups excluding carboxylic acids is 1. The molecule has 1 aliphatic rings. The van der Waals surface area contributed by atoms with Crippen LogP contribution in [0.5, 0.6) is 0 Å². The number of aliphatic imine (C=N–C) groups is 1. The summed E-state index contributed by atoms with van der Waals surface area (Å²) in [4.78, 5) is 15.3. The van der Waals surface area contributed by atoms with E-state index in [1.165, 1.54) is 18.2 Å². The number of ether oxygens (including phenoxy) is 1. The van der Waals surface area contributed by atoms with E-state index in [0.29, 0.717) is 12.0 Å². The Bertz CT molecular complexity index is 473. The zero-order valence-electron chi connectivity index (χ0n) is 8.74. The van der Waals surface area contributed by atoms with Crippen molar-refractivity contribution in [2.45, 2.75) is 18.9 Å². The molecule has 0 spiro atoms. The minimum atomic E-state index is -1.26. The second-order valence-corrected chi connectivity index (χ2v) is 3.55. The Labute approximate surface area is 91.9 Å². The third-order valence-corrected chi connectivity index (χ3v) is 2.62. The Kier molecular flexibility index (Phi) is 2.38. The zero-order chi connectivity index (χ0) is 11.8. The Hall–Kier alpha value is -1.91. The van der Waals surface area contributed by atoms with Gasteiger partial charge in [0, 0.05) is 5.56 Å². The number of rotatable bonds is 2. The van der Waals surface area contributed by atoms with Gasteiger partial charge in [0.15, 0.2) is 0 Å². The second-order valence-electron chi connectivity index (χ2n) is 3.55. The number of nitrogens with zero attached hydrogens (tertiary/aromatic N) is 1. The van der Waals surface area contributed by atoms with Crippen molar-refractivity contribution in [3.8, 4) is 0 Å². The molecule has 1 atom stereocenters. The third kappa shape index (κ3) is 1.44. The molecule has 0 bridgehead atoms. The van der Waals surface area contributed by atoms with Gasteiger partial charge in [0.1, 0.15) is 5.82 Å². The molecule has 2 N–H and O–H groups in total. The fourth-order valence-electron chi connectivity index (χ4n) is 1.78. The minimum absolute atomic E-state index is 0.170. The number of nitrogens with two attached hydrogens (primary N) is 1. The van der Waals surface area contributed by atoms with E-state index in [1.807, 2.05) is 0 Å². The molecule has 1 aromatic carbocycles. The van der Waals surface area contributed by atoms with Gasteiger partial charge in [-0.15, -0.1) is 0 Å². The molecule has 2 rings (SSSR count). The number of amides is 1. The van der Waals surface area contributed by atoms with Gasteiger partial charge in [0.25, 0.3) is 11.9 Å². The highest BCUT2D eigenvalue weighted by Crippen LogP contribution is 2.34. The van der Waals surface area contributed by atoms with Crippen molar-refractivity contribution in [3.63, 3.8) is 0 Å². The summed E-state index contributed by atoms with van der Waals surface area (Å²) < 4.78 is 18.4. The van der Waals surface area contributed by atoms with Gasteiger partial charge in [0.05, 0.1) is 0 Å². The van der Waals surface area contributed by atoms with Crippen LogP contribution < -0.4 is 5.73 Å². The molecule has 0 saturated carbocycles. The van der Waals surface area contributed by atoms with Crippen LogP contribution in [0.2, 0.25) is 0 Å². The van der Waals surface area contributed by atoms with Crippen molar-refractivity contribution in [3.05, 3.63) is 35.6 Å². The monoisotopic (exact) mass is 222 g/mol. The van der Waals surface area contributed by atoms with Crippen LogP contribution in [0.4, 0.5) is 4.39 Å². The summed E-state index contributed by atoms with van der Waals surface area (Å²) in [7, 11) is 0. The lowest BCUT2D eigenvalue weighted by Crippen LogP contribution is -2.34. The molecule has 1 aliphatic heterocycles. The van der Waals surface area contributed by atoms with E-state index in [0.717, 1.165) is 0 Å². The molecule has 5 heteroatoms. The molecule has 0 saturated heterocycles. The molecule has 1 amide bonds. The Morgan fingerprint density at radius 1 is 1.56 bits per heavy atom. The highest BCUT2D eigenvalue weighted by Gasteiger charge is 2.46. The lowest BCUT2D eigenvalue weighted by molar-refractivity contribution is -0.131. The number of amidine groups is 1. The molecule has 1 heterocycles. The summed E-state index contributed by atoms with van der Waals surface area (Å²) in [6, 6.07) is 5.54. The summed E-state index contributed by atoms with van der Waals surface area (Å²) in [6.07, 6.45) is 0.347. The van der Waals surface area contributed by atoms with Gasteiger partial charge in [-0.2, -0.15) is 4.99 Å². The van der Waals surface area contributed by atoms with E-state index < -0.39 is 17.3 Å². The van der Waals surface area contributed by atoms with Crippen molar-refractivity contribution in [2.75, 3.05) is 0 Å². The molecular formula is C11H11FN2O2. The zero-order valence-corrected chi connectivity index (χ0v) is 8.74. The first kappa shape index (κ1) is 10.6. The van der Waals surface area contributed by atoms with E-state index in [2.05, 4.69) is 4.99 Å². The standard InChI is InChI=1S/C11H11FN2O2/c1-2-11(9(15)14-10(13)16-11)7-4-3-5-8(12)6-7/h3-6H,2H2,1H3,(H2,13,14,15). The molecular weight excluding hydrogens is 211 g/mol. The molecule has 16 heavy (non-hydrogen) atoms. The van der Waals surface area contributed by atoms with Crippen LogP contribution in [-0.2, 0) is 15.1 Å². The van der Waals surface area contributed by atoms with Crippen molar-refractivity contribution in [2.24, 2.45) is 10.7 Å². The second kappa shape index (κ2) is 3.59. The predicted octanol–water partition coefficient (Wildman–Crippen LogP) is 1.30. The highest BCUT2D eigenvalue weighted by atomic mass is 19.1. The maximum atomic E-state index is 13.1. The minimum Gasteiger partial charge on any atom is -0.443 e. The number of carbonyl (C=O) groups is 1.